The normalized spacial score (nSPS) is 12.0. The van der Waals surface area contributed by atoms with Crippen molar-refractivity contribution < 1.29 is 13.2 Å². The second-order valence-corrected chi connectivity index (χ2v) is 7.21. The van der Waals surface area contributed by atoms with Crippen LogP contribution in [-0.2, 0) is 20.3 Å². The fraction of sp³-hybridized carbons (Fsp3) is 0.636. The van der Waals surface area contributed by atoms with E-state index in [0.717, 1.165) is 17.2 Å². The van der Waals surface area contributed by atoms with E-state index in [4.69, 9.17) is 15.4 Å². The third-order valence-electron chi connectivity index (χ3n) is 2.56. The molecule has 9 heteroatoms. The van der Waals surface area contributed by atoms with Gasteiger partial charge in [0.1, 0.15) is 0 Å². The Labute approximate surface area is 121 Å². The van der Waals surface area contributed by atoms with Gasteiger partial charge in [-0.2, -0.15) is 0 Å². The molecule has 0 aliphatic rings. The molecule has 1 N–H and O–H groups in total. The molecule has 0 amide bonds. The molecule has 0 atom stereocenters. The Morgan fingerprint density at radius 2 is 2.00 bits per heavy atom. The quantitative estimate of drug-likeness (QED) is 0.582. The molecule has 0 unspecified atom stereocenters. The van der Waals surface area contributed by atoms with E-state index in [2.05, 4.69) is 13.8 Å². The second-order valence-electron chi connectivity index (χ2n) is 4.68. The summed E-state index contributed by atoms with van der Waals surface area (Å²) in [7, 11) is 0.921. The SMILES string of the molecule is CC(C)CCOCCn1cc(S(=O)(=O)Cl)c(=O)[nH]c1=O. The van der Waals surface area contributed by atoms with Gasteiger partial charge in [-0.3, -0.25) is 14.3 Å². The average Bonchev–Trinajstić information content (AvgIpc) is 2.29. The Kier molecular flexibility index (Phi) is 5.97. The van der Waals surface area contributed by atoms with Crippen LogP contribution in [0.4, 0.5) is 0 Å². The highest BCUT2D eigenvalue weighted by Crippen LogP contribution is 2.07. The zero-order valence-electron chi connectivity index (χ0n) is 11.3. The zero-order valence-corrected chi connectivity index (χ0v) is 12.8. The van der Waals surface area contributed by atoms with E-state index in [1.165, 1.54) is 0 Å². The van der Waals surface area contributed by atoms with Crippen molar-refractivity contribution in [3.05, 3.63) is 27.0 Å². The summed E-state index contributed by atoms with van der Waals surface area (Å²) in [5, 5.41) is 0. The van der Waals surface area contributed by atoms with Crippen LogP contribution in [0.3, 0.4) is 0 Å². The first-order valence-corrected chi connectivity index (χ1v) is 8.39. The maximum Gasteiger partial charge on any atom is 0.328 e. The summed E-state index contributed by atoms with van der Waals surface area (Å²) < 4.78 is 28.7. The summed E-state index contributed by atoms with van der Waals surface area (Å²) >= 11 is 0. The molecule has 7 nitrogen and oxygen atoms in total. The monoisotopic (exact) mass is 324 g/mol. The lowest BCUT2D eigenvalue weighted by atomic mass is 10.1. The molecule has 0 saturated carbocycles. The van der Waals surface area contributed by atoms with Crippen LogP contribution in [0.5, 0.6) is 0 Å². The van der Waals surface area contributed by atoms with Crippen LogP contribution in [-0.4, -0.2) is 31.2 Å². The molecule has 0 aromatic carbocycles. The number of nitrogens with one attached hydrogen (secondary N) is 1. The van der Waals surface area contributed by atoms with Gasteiger partial charge >= 0.3 is 5.69 Å². The molecule has 0 spiro atoms. The smallest absolute Gasteiger partial charge is 0.328 e. The highest BCUT2D eigenvalue weighted by Gasteiger charge is 2.17. The van der Waals surface area contributed by atoms with Crippen LogP contribution in [0.15, 0.2) is 20.7 Å². The Bertz CT molecular complexity index is 662. The van der Waals surface area contributed by atoms with E-state index in [1.807, 2.05) is 4.98 Å². The summed E-state index contributed by atoms with van der Waals surface area (Å²) in [4.78, 5) is 24.1. The molecular formula is C11H17ClN2O5S. The summed E-state index contributed by atoms with van der Waals surface area (Å²) in [6.45, 7) is 5.05. The number of H-pyrrole nitrogens is 1. The largest absolute Gasteiger partial charge is 0.380 e. The molecule has 0 fully saturated rings. The molecule has 114 valence electrons. The van der Waals surface area contributed by atoms with Crippen LogP contribution in [0, 0.1) is 5.92 Å². The van der Waals surface area contributed by atoms with E-state index in [-0.39, 0.29) is 13.2 Å². The van der Waals surface area contributed by atoms with Crippen molar-refractivity contribution in [1.29, 1.82) is 0 Å². The number of aromatic amines is 1. The maximum absolute atomic E-state index is 11.5. The molecule has 1 heterocycles. The third-order valence-corrected chi connectivity index (χ3v) is 3.87. The molecule has 1 rings (SSSR count). The topological polar surface area (TPSA) is 98.2 Å². The predicted molar refractivity (Wildman–Crippen MR) is 74.6 cm³/mol. The predicted octanol–water partition coefficient (Wildman–Crippen LogP) is 0.527. The standard InChI is InChI=1S/C11H17ClN2O5S/c1-8(2)3-5-19-6-4-14-7-9(20(12,17)18)10(15)13-11(14)16/h7-8H,3-6H2,1-2H3,(H,13,15,16). The molecule has 0 radical (unpaired) electrons. The number of hydrogen-bond donors (Lipinski definition) is 1. The number of halogens is 1. The van der Waals surface area contributed by atoms with E-state index >= 15 is 0 Å². The minimum Gasteiger partial charge on any atom is -0.380 e. The van der Waals surface area contributed by atoms with Gasteiger partial charge in [0.15, 0.2) is 4.90 Å². The van der Waals surface area contributed by atoms with Crippen molar-refractivity contribution in [1.82, 2.24) is 9.55 Å². The molecule has 0 aliphatic carbocycles. The van der Waals surface area contributed by atoms with Gasteiger partial charge < -0.3 is 4.74 Å². The van der Waals surface area contributed by atoms with E-state index < -0.39 is 25.2 Å². The van der Waals surface area contributed by atoms with Crippen molar-refractivity contribution in [3.8, 4) is 0 Å². The van der Waals surface area contributed by atoms with E-state index in [9.17, 15) is 18.0 Å². The summed E-state index contributed by atoms with van der Waals surface area (Å²) in [6.07, 6.45) is 1.82. The van der Waals surface area contributed by atoms with Crippen molar-refractivity contribution in [3.63, 3.8) is 0 Å². The highest BCUT2D eigenvalue weighted by molar-refractivity contribution is 8.13. The van der Waals surface area contributed by atoms with Crippen LogP contribution < -0.4 is 11.2 Å². The maximum atomic E-state index is 11.5. The van der Waals surface area contributed by atoms with Gasteiger partial charge in [-0.05, 0) is 12.3 Å². The van der Waals surface area contributed by atoms with E-state index in [1.54, 1.807) is 0 Å². The molecular weight excluding hydrogens is 308 g/mol. The Morgan fingerprint density at radius 1 is 1.35 bits per heavy atom. The second kappa shape index (κ2) is 7.05. The minimum absolute atomic E-state index is 0.132. The van der Waals surface area contributed by atoms with Gasteiger partial charge in [-0.1, -0.05) is 13.8 Å². The number of hydrogen-bond acceptors (Lipinski definition) is 5. The van der Waals surface area contributed by atoms with Crippen molar-refractivity contribution in [2.75, 3.05) is 13.2 Å². The number of rotatable bonds is 7. The Hall–Kier alpha value is -1.12. The Balaban J connectivity index is 2.77. The molecule has 0 saturated heterocycles. The summed E-state index contributed by atoms with van der Waals surface area (Å²) in [6, 6.07) is 0. The van der Waals surface area contributed by atoms with Crippen LogP contribution in [0.25, 0.3) is 0 Å². The van der Waals surface area contributed by atoms with Crippen LogP contribution in [0.2, 0.25) is 0 Å². The van der Waals surface area contributed by atoms with Crippen LogP contribution >= 0.6 is 10.7 Å². The van der Waals surface area contributed by atoms with Gasteiger partial charge in [0.2, 0.25) is 0 Å². The third kappa shape index (κ3) is 5.10. The molecule has 1 aromatic heterocycles. The van der Waals surface area contributed by atoms with Gasteiger partial charge in [0.25, 0.3) is 14.6 Å². The van der Waals surface area contributed by atoms with Gasteiger partial charge in [-0.15, -0.1) is 0 Å². The average molecular weight is 325 g/mol. The molecule has 0 aliphatic heterocycles. The fourth-order valence-electron chi connectivity index (χ4n) is 1.41. The first kappa shape index (κ1) is 16.9. The van der Waals surface area contributed by atoms with Crippen molar-refractivity contribution in [2.45, 2.75) is 31.7 Å². The molecule has 20 heavy (non-hydrogen) atoms. The lowest BCUT2D eigenvalue weighted by molar-refractivity contribution is 0.115. The van der Waals surface area contributed by atoms with Crippen LogP contribution in [0.1, 0.15) is 20.3 Å². The Morgan fingerprint density at radius 3 is 2.55 bits per heavy atom. The summed E-state index contributed by atoms with van der Waals surface area (Å²) in [5.74, 6) is 0.513. The first-order chi connectivity index (χ1) is 9.21. The fourth-order valence-corrected chi connectivity index (χ4v) is 2.27. The lowest BCUT2D eigenvalue weighted by Crippen LogP contribution is -2.33. The van der Waals surface area contributed by atoms with Gasteiger partial charge in [0.05, 0.1) is 13.2 Å². The van der Waals surface area contributed by atoms with Crippen molar-refractivity contribution in [2.24, 2.45) is 5.92 Å². The van der Waals surface area contributed by atoms with E-state index in [0.29, 0.717) is 12.5 Å². The zero-order chi connectivity index (χ0) is 15.3. The molecule has 1 aromatic rings. The number of ether oxygens (including phenoxy) is 1. The van der Waals surface area contributed by atoms with Gasteiger partial charge in [-0.25, -0.2) is 13.2 Å². The molecule has 0 bridgehead atoms. The lowest BCUT2D eigenvalue weighted by Gasteiger charge is -2.08. The summed E-state index contributed by atoms with van der Waals surface area (Å²) in [5.41, 5.74) is -1.73. The first-order valence-electron chi connectivity index (χ1n) is 6.08. The minimum atomic E-state index is -4.19. The highest BCUT2D eigenvalue weighted by atomic mass is 35.7. The van der Waals surface area contributed by atoms with Gasteiger partial charge in [0, 0.05) is 23.5 Å². The number of aromatic nitrogens is 2. The van der Waals surface area contributed by atoms with Crippen molar-refractivity contribution >= 4 is 19.7 Å². The number of nitrogens with zero attached hydrogens (tertiary/aromatic N) is 1.